The average Bonchev–Trinajstić information content (AvgIpc) is 2.91. The second-order valence-corrected chi connectivity index (χ2v) is 3.87. The number of rotatable bonds is 3. The normalized spacial score (nSPS) is 10.6. The largest absolute Gasteiger partial charge is 0.482 e. The maximum absolute atomic E-state index is 5.31. The van der Waals surface area contributed by atoms with E-state index >= 15 is 0 Å². The molecule has 0 N–H and O–H groups in total. The van der Waals surface area contributed by atoms with Gasteiger partial charge in [-0.05, 0) is 12.1 Å². The molecule has 0 radical (unpaired) electrons. The molecule has 6 heteroatoms. The van der Waals surface area contributed by atoms with Gasteiger partial charge in [0.15, 0.2) is 0 Å². The van der Waals surface area contributed by atoms with Crippen LogP contribution in [0.15, 0.2) is 36.8 Å². The molecule has 6 nitrogen and oxygen atoms in total. The second kappa shape index (κ2) is 4.56. The van der Waals surface area contributed by atoms with Gasteiger partial charge in [0.05, 0.1) is 26.0 Å². The Balaban J connectivity index is 2.20. The van der Waals surface area contributed by atoms with Gasteiger partial charge in [0.2, 0.25) is 17.5 Å². The van der Waals surface area contributed by atoms with Crippen LogP contribution >= 0.6 is 0 Å². The highest BCUT2D eigenvalue weighted by molar-refractivity contribution is 5.61. The van der Waals surface area contributed by atoms with E-state index in [1.807, 2.05) is 18.3 Å². The van der Waals surface area contributed by atoms with E-state index < -0.39 is 0 Å². The number of imidazole rings is 1. The Labute approximate surface area is 109 Å². The molecule has 96 valence electrons. The van der Waals surface area contributed by atoms with E-state index in [1.165, 1.54) is 0 Å². The summed E-state index contributed by atoms with van der Waals surface area (Å²) in [5.41, 5.74) is 1.78. The number of fused-ring (bicyclic) bond motifs is 1. The van der Waals surface area contributed by atoms with Crippen LogP contribution in [0.2, 0.25) is 0 Å². The standard InChI is InChI=1S/C13H12N4O2/c1-18-11-7-12(19-2)17-8-10(15-13(17)16-11)9-3-5-14-6-4-9/h3-8H,1-2H3. The fourth-order valence-corrected chi connectivity index (χ4v) is 1.84. The van der Waals surface area contributed by atoms with Gasteiger partial charge in [-0.2, -0.15) is 4.98 Å². The highest BCUT2D eigenvalue weighted by Crippen LogP contribution is 2.24. The number of pyridine rings is 1. The van der Waals surface area contributed by atoms with E-state index in [4.69, 9.17) is 9.47 Å². The van der Waals surface area contributed by atoms with E-state index in [2.05, 4.69) is 15.0 Å². The predicted molar refractivity (Wildman–Crippen MR) is 69.3 cm³/mol. The van der Waals surface area contributed by atoms with Crippen molar-refractivity contribution in [2.24, 2.45) is 0 Å². The maximum Gasteiger partial charge on any atom is 0.240 e. The number of nitrogens with zero attached hydrogens (tertiary/aromatic N) is 4. The summed E-state index contributed by atoms with van der Waals surface area (Å²) in [6.07, 6.45) is 5.32. The zero-order valence-corrected chi connectivity index (χ0v) is 10.6. The lowest BCUT2D eigenvalue weighted by molar-refractivity contribution is 0.369. The van der Waals surface area contributed by atoms with E-state index in [0.717, 1.165) is 11.3 Å². The molecule has 0 aliphatic carbocycles. The van der Waals surface area contributed by atoms with Crippen LogP contribution in [0, 0.1) is 0 Å². The molecule has 0 aliphatic rings. The molecule has 3 aromatic heterocycles. The molecule has 0 saturated heterocycles. The van der Waals surface area contributed by atoms with Crippen LogP contribution in [0.3, 0.4) is 0 Å². The molecule has 0 amide bonds. The molecule has 3 rings (SSSR count). The van der Waals surface area contributed by atoms with Gasteiger partial charge in [-0.25, -0.2) is 4.98 Å². The SMILES string of the molecule is COc1cc(OC)n2cc(-c3ccncc3)nc2n1. The molecule has 0 aliphatic heterocycles. The van der Waals surface area contributed by atoms with Crippen molar-refractivity contribution in [3.8, 4) is 23.0 Å². The van der Waals surface area contributed by atoms with Crippen molar-refractivity contribution >= 4 is 5.78 Å². The van der Waals surface area contributed by atoms with Crippen molar-refractivity contribution in [3.63, 3.8) is 0 Å². The lowest BCUT2D eigenvalue weighted by Crippen LogP contribution is -1.97. The van der Waals surface area contributed by atoms with E-state index in [0.29, 0.717) is 17.5 Å². The Morgan fingerprint density at radius 1 is 1.05 bits per heavy atom. The molecule has 0 unspecified atom stereocenters. The maximum atomic E-state index is 5.31. The van der Waals surface area contributed by atoms with Gasteiger partial charge in [-0.1, -0.05) is 0 Å². The molecule has 0 spiro atoms. The Kier molecular flexibility index (Phi) is 2.75. The van der Waals surface area contributed by atoms with Gasteiger partial charge in [0.1, 0.15) is 0 Å². The van der Waals surface area contributed by atoms with Gasteiger partial charge >= 0.3 is 0 Å². The number of aromatic nitrogens is 4. The van der Waals surface area contributed by atoms with Crippen LogP contribution in [0.4, 0.5) is 0 Å². The van der Waals surface area contributed by atoms with Crippen LogP contribution in [-0.4, -0.2) is 33.6 Å². The van der Waals surface area contributed by atoms with Crippen molar-refractivity contribution in [1.82, 2.24) is 19.4 Å². The topological polar surface area (TPSA) is 61.5 Å². The van der Waals surface area contributed by atoms with E-state index in [9.17, 15) is 0 Å². The summed E-state index contributed by atoms with van der Waals surface area (Å²) >= 11 is 0. The summed E-state index contributed by atoms with van der Waals surface area (Å²) in [6, 6.07) is 5.50. The third-order valence-corrected chi connectivity index (χ3v) is 2.78. The molecule has 0 aromatic carbocycles. The van der Waals surface area contributed by atoms with Crippen molar-refractivity contribution in [2.45, 2.75) is 0 Å². The highest BCUT2D eigenvalue weighted by Gasteiger charge is 2.11. The quantitative estimate of drug-likeness (QED) is 0.715. The Morgan fingerprint density at radius 3 is 2.53 bits per heavy atom. The minimum absolute atomic E-state index is 0.469. The number of ether oxygens (including phenoxy) is 2. The zero-order valence-electron chi connectivity index (χ0n) is 10.6. The lowest BCUT2D eigenvalue weighted by atomic mass is 10.2. The third kappa shape index (κ3) is 1.97. The summed E-state index contributed by atoms with van der Waals surface area (Å²) in [5.74, 6) is 1.62. The Hall–Kier alpha value is -2.63. The Bertz CT molecular complexity index is 709. The molecule has 0 saturated carbocycles. The number of methoxy groups -OCH3 is 2. The number of hydrogen-bond donors (Lipinski definition) is 0. The fourth-order valence-electron chi connectivity index (χ4n) is 1.84. The summed E-state index contributed by atoms with van der Waals surface area (Å²) in [7, 11) is 3.16. The first kappa shape index (κ1) is 11.5. The molecule has 0 bridgehead atoms. The van der Waals surface area contributed by atoms with Crippen LogP contribution in [0.5, 0.6) is 11.8 Å². The first-order chi connectivity index (χ1) is 9.31. The molecule has 3 heterocycles. The lowest BCUT2D eigenvalue weighted by Gasteiger charge is -2.04. The monoisotopic (exact) mass is 256 g/mol. The minimum atomic E-state index is 0.469. The number of hydrogen-bond acceptors (Lipinski definition) is 5. The first-order valence-corrected chi connectivity index (χ1v) is 5.70. The van der Waals surface area contributed by atoms with Crippen molar-refractivity contribution in [3.05, 3.63) is 36.8 Å². The minimum Gasteiger partial charge on any atom is -0.482 e. The van der Waals surface area contributed by atoms with Crippen LogP contribution in [0.1, 0.15) is 0 Å². The smallest absolute Gasteiger partial charge is 0.240 e. The average molecular weight is 256 g/mol. The van der Waals surface area contributed by atoms with Gasteiger partial charge in [0.25, 0.3) is 0 Å². The fraction of sp³-hybridized carbons (Fsp3) is 0.154. The summed E-state index contributed by atoms with van der Waals surface area (Å²) < 4.78 is 12.2. The Morgan fingerprint density at radius 2 is 1.84 bits per heavy atom. The molecule has 3 aromatic rings. The third-order valence-electron chi connectivity index (χ3n) is 2.78. The first-order valence-electron chi connectivity index (χ1n) is 5.70. The molecular weight excluding hydrogens is 244 g/mol. The zero-order chi connectivity index (χ0) is 13.2. The molecular formula is C13H12N4O2. The van der Waals surface area contributed by atoms with Crippen LogP contribution in [0.25, 0.3) is 17.0 Å². The van der Waals surface area contributed by atoms with Gasteiger partial charge in [0, 0.05) is 24.2 Å². The van der Waals surface area contributed by atoms with Crippen molar-refractivity contribution < 1.29 is 9.47 Å². The summed E-state index contributed by atoms with van der Waals surface area (Å²) in [6.45, 7) is 0. The predicted octanol–water partition coefficient (Wildman–Crippen LogP) is 1.81. The molecule has 19 heavy (non-hydrogen) atoms. The van der Waals surface area contributed by atoms with Gasteiger partial charge in [-0.15, -0.1) is 0 Å². The summed E-state index contributed by atoms with van der Waals surface area (Å²) in [4.78, 5) is 12.7. The van der Waals surface area contributed by atoms with Gasteiger partial charge in [-0.3, -0.25) is 9.38 Å². The molecule has 0 atom stereocenters. The highest BCUT2D eigenvalue weighted by atomic mass is 16.5. The molecule has 0 fully saturated rings. The van der Waals surface area contributed by atoms with Gasteiger partial charge < -0.3 is 9.47 Å². The summed E-state index contributed by atoms with van der Waals surface area (Å²) in [5, 5.41) is 0. The second-order valence-electron chi connectivity index (χ2n) is 3.87. The van der Waals surface area contributed by atoms with Crippen LogP contribution in [-0.2, 0) is 0 Å². The van der Waals surface area contributed by atoms with Crippen LogP contribution < -0.4 is 9.47 Å². The van der Waals surface area contributed by atoms with E-state index in [1.54, 1.807) is 37.1 Å². The van der Waals surface area contributed by atoms with Crippen molar-refractivity contribution in [1.29, 1.82) is 0 Å². The van der Waals surface area contributed by atoms with E-state index in [-0.39, 0.29) is 0 Å². The van der Waals surface area contributed by atoms with Crippen molar-refractivity contribution in [2.75, 3.05) is 14.2 Å².